The highest BCUT2D eigenvalue weighted by molar-refractivity contribution is 5.89. The first-order valence-corrected chi connectivity index (χ1v) is 11.7. The Morgan fingerprint density at radius 2 is 1.05 bits per heavy atom. The number of carbonyl (C=O) groups excluding carboxylic acids is 1. The van der Waals surface area contributed by atoms with Crippen molar-refractivity contribution >= 4 is 17.9 Å². The number of carboxylic acids is 2. The zero-order chi connectivity index (χ0) is 28.2. The summed E-state index contributed by atoms with van der Waals surface area (Å²) >= 11 is 0. The highest BCUT2D eigenvalue weighted by atomic mass is 16.5. The summed E-state index contributed by atoms with van der Waals surface area (Å²) in [6.45, 7) is 1.87. The second-order valence-electron chi connectivity index (χ2n) is 8.16. The van der Waals surface area contributed by atoms with Crippen LogP contribution >= 0.6 is 0 Å². The van der Waals surface area contributed by atoms with Gasteiger partial charge in [0.25, 0.3) is 0 Å². The van der Waals surface area contributed by atoms with Gasteiger partial charge in [0, 0.05) is 19.1 Å². The smallest absolute Gasteiger partial charge is 0.335 e. The molecule has 200 valence electrons. The molecule has 0 bridgehead atoms. The van der Waals surface area contributed by atoms with Crippen LogP contribution in [-0.4, -0.2) is 33.2 Å². The molecule has 0 aliphatic heterocycles. The van der Waals surface area contributed by atoms with E-state index in [9.17, 15) is 19.5 Å². The number of hydrogen-bond donors (Lipinski definition) is 3. The Morgan fingerprint density at radius 1 is 0.615 bits per heavy atom. The molecule has 0 aliphatic carbocycles. The Hall–Kier alpha value is -5.31. The van der Waals surface area contributed by atoms with Crippen molar-refractivity contribution in [1.29, 1.82) is 0 Å². The number of benzene rings is 4. The minimum Gasteiger partial charge on any atom is -0.508 e. The summed E-state index contributed by atoms with van der Waals surface area (Å²) in [5.41, 5.74) is 1.92. The van der Waals surface area contributed by atoms with E-state index in [1.807, 2.05) is 60.7 Å². The van der Waals surface area contributed by atoms with Crippen LogP contribution in [0.4, 0.5) is 0 Å². The van der Waals surface area contributed by atoms with Crippen molar-refractivity contribution in [3.8, 4) is 23.0 Å². The van der Waals surface area contributed by atoms with Gasteiger partial charge in [0.2, 0.25) is 0 Å². The molecule has 0 saturated carbocycles. The maximum Gasteiger partial charge on any atom is 0.335 e. The number of rotatable bonds is 9. The molecule has 0 saturated heterocycles. The summed E-state index contributed by atoms with van der Waals surface area (Å²) in [4.78, 5) is 32.9. The van der Waals surface area contributed by atoms with E-state index in [2.05, 4.69) is 0 Å². The van der Waals surface area contributed by atoms with Crippen molar-refractivity contribution < 1.29 is 43.9 Å². The minimum absolute atomic E-state index is 0.00179. The lowest BCUT2D eigenvalue weighted by molar-refractivity contribution is -0.131. The zero-order valence-electron chi connectivity index (χ0n) is 20.9. The summed E-state index contributed by atoms with van der Waals surface area (Å²) in [6.07, 6.45) is 0. The number of esters is 1. The van der Waals surface area contributed by atoms with Gasteiger partial charge in [-0.3, -0.25) is 4.79 Å². The average Bonchev–Trinajstić information content (AvgIpc) is 2.91. The van der Waals surface area contributed by atoms with Crippen molar-refractivity contribution in [2.45, 2.75) is 20.1 Å². The molecular formula is C30H26O9. The van der Waals surface area contributed by atoms with Crippen molar-refractivity contribution in [2.75, 3.05) is 0 Å². The number of hydrogen-bond acceptors (Lipinski definition) is 7. The number of aromatic carboxylic acids is 2. The molecule has 4 aromatic rings. The van der Waals surface area contributed by atoms with Gasteiger partial charge < -0.3 is 29.5 Å². The molecule has 4 rings (SSSR count). The Kier molecular flexibility index (Phi) is 10.0. The number of carbonyl (C=O) groups is 3. The summed E-state index contributed by atoms with van der Waals surface area (Å²) in [7, 11) is 0. The second-order valence-corrected chi connectivity index (χ2v) is 8.16. The molecule has 0 amide bonds. The Morgan fingerprint density at radius 3 is 1.51 bits per heavy atom. The third kappa shape index (κ3) is 9.58. The standard InChI is InChI=1S/C16H14O5.C14H12O4/c1-11(17)21-15-8-13(16(18)19)7-14(9-15)20-10-12-5-3-2-4-6-12;15-12-6-11(14(16)17)7-13(8-12)18-9-10-4-2-1-3-5-10/h2-9H,10H2,1H3,(H,18,19);1-8,15H,9H2,(H,16,17). The van der Waals surface area contributed by atoms with Gasteiger partial charge in [0.15, 0.2) is 0 Å². The number of aromatic hydroxyl groups is 1. The van der Waals surface area contributed by atoms with E-state index in [1.54, 1.807) is 0 Å². The first kappa shape index (κ1) is 28.3. The van der Waals surface area contributed by atoms with Crippen LogP contribution in [0.2, 0.25) is 0 Å². The Bertz CT molecular complexity index is 1420. The van der Waals surface area contributed by atoms with E-state index in [0.717, 1.165) is 11.1 Å². The molecular weight excluding hydrogens is 504 g/mol. The van der Waals surface area contributed by atoms with Crippen LogP contribution in [0.3, 0.4) is 0 Å². The van der Waals surface area contributed by atoms with Crippen molar-refractivity contribution in [3.05, 3.63) is 119 Å². The van der Waals surface area contributed by atoms with Crippen LogP contribution in [0.5, 0.6) is 23.0 Å². The first-order valence-electron chi connectivity index (χ1n) is 11.7. The van der Waals surface area contributed by atoms with Gasteiger partial charge in [-0.1, -0.05) is 60.7 Å². The third-order valence-electron chi connectivity index (χ3n) is 5.02. The Labute approximate surface area is 224 Å². The lowest BCUT2D eigenvalue weighted by Gasteiger charge is -2.09. The SMILES string of the molecule is CC(=O)Oc1cc(OCc2ccccc2)cc(C(=O)O)c1.O=C(O)c1cc(O)cc(OCc2ccccc2)c1. The van der Waals surface area contributed by atoms with E-state index >= 15 is 0 Å². The van der Waals surface area contributed by atoms with Crippen LogP contribution in [0.25, 0.3) is 0 Å². The lowest BCUT2D eigenvalue weighted by Crippen LogP contribution is -2.05. The molecule has 4 aromatic carbocycles. The van der Waals surface area contributed by atoms with Gasteiger partial charge in [-0.2, -0.15) is 0 Å². The normalized spacial score (nSPS) is 9.97. The number of phenols is 1. The number of ether oxygens (including phenoxy) is 3. The molecule has 0 unspecified atom stereocenters. The van der Waals surface area contributed by atoms with Gasteiger partial charge in [-0.25, -0.2) is 9.59 Å². The van der Waals surface area contributed by atoms with Gasteiger partial charge in [0.1, 0.15) is 36.2 Å². The molecule has 0 fully saturated rings. The molecule has 0 heterocycles. The van der Waals surface area contributed by atoms with E-state index in [0.29, 0.717) is 24.7 Å². The summed E-state index contributed by atoms with van der Waals surface area (Å²) < 4.78 is 15.9. The fourth-order valence-corrected chi connectivity index (χ4v) is 3.28. The fourth-order valence-electron chi connectivity index (χ4n) is 3.28. The van der Waals surface area contributed by atoms with Crippen molar-refractivity contribution in [1.82, 2.24) is 0 Å². The maximum atomic E-state index is 11.1. The second kappa shape index (κ2) is 13.8. The summed E-state index contributed by atoms with van der Waals surface area (Å²) in [6, 6.07) is 27.0. The third-order valence-corrected chi connectivity index (χ3v) is 5.02. The van der Waals surface area contributed by atoms with Crippen molar-refractivity contribution in [2.24, 2.45) is 0 Å². The monoisotopic (exact) mass is 530 g/mol. The molecule has 0 spiro atoms. The Balaban J connectivity index is 0.000000218. The molecule has 9 heteroatoms. The highest BCUT2D eigenvalue weighted by Crippen LogP contribution is 2.25. The van der Waals surface area contributed by atoms with E-state index < -0.39 is 17.9 Å². The van der Waals surface area contributed by atoms with Crippen LogP contribution in [-0.2, 0) is 18.0 Å². The lowest BCUT2D eigenvalue weighted by atomic mass is 10.2. The molecule has 39 heavy (non-hydrogen) atoms. The number of phenolic OH excluding ortho intramolecular Hbond substituents is 1. The van der Waals surface area contributed by atoms with Crippen LogP contribution < -0.4 is 14.2 Å². The predicted molar refractivity (Wildman–Crippen MR) is 141 cm³/mol. The highest BCUT2D eigenvalue weighted by Gasteiger charge is 2.11. The first-order chi connectivity index (χ1) is 18.7. The van der Waals surface area contributed by atoms with Crippen molar-refractivity contribution in [3.63, 3.8) is 0 Å². The van der Waals surface area contributed by atoms with E-state index in [1.165, 1.54) is 43.3 Å². The minimum atomic E-state index is -1.12. The molecule has 3 N–H and O–H groups in total. The van der Waals surface area contributed by atoms with Gasteiger partial charge >= 0.3 is 17.9 Å². The summed E-state index contributed by atoms with van der Waals surface area (Å²) in [5.74, 6) is -2.06. The van der Waals surface area contributed by atoms with Gasteiger partial charge in [0.05, 0.1) is 11.1 Å². The molecule has 0 atom stereocenters. The average molecular weight is 531 g/mol. The maximum absolute atomic E-state index is 11.1. The molecule has 0 radical (unpaired) electrons. The molecule has 0 aliphatic rings. The van der Waals surface area contributed by atoms with E-state index in [4.69, 9.17) is 24.4 Å². The van der Waals surface area contributed by atoms with Crippen LogP contribution in [0, 0.1) is 0 Å². The van der Waals surface area contributed by atoms with E-state index in [-0.39, 0.29) is 22.6 Å². The summed E-state index contributed by atoms with van der Waals surface area (Å²) in [5, 5.41) is 27.3. The quantitative estimate of drug-likeness (QED) is 0.187. The fraction of sp³-hybridized carbons (Fsp3) is 0.100. The van der Waals surface area contributed by atoms with Gasteiger partial charge in [-0.15, -0.1) is 0 Å². The van der Waals surface area contributed by atoms with Crippen LogP contribution in [0.1, 0.15) is 38.8 Å². The number of carboxylic acid groups (broad SMARTS) is 2. The van der Waals surface area contributed by atoms with Gasteiger partial charge in [-0.05, 0) is 35.4 Å². The largest absolute Gasteiger partial charge is 0.508 e. The topological polar surface area (TPSA) is 140 Å². The predicted octanol–water partition coefficient (Wildman–Crippen LogP) is 5.56. The molecule has 0 aromatic heterocycles. The zero-order valence-corrected chi connectivity index (χ0v) is 20.9. The molecule has 9 nitrogen and oxygen atoms in total. The van der Waals surface area contributed by atoms with Crippen LogP contribution in [0.15, 0.2) is 97.1 Å².